The van der Waals surface area contributed by atoms with E-state index in [1.807, 2.05) is 6.92 Å². The molecule has 76 valence electrons. The molecule has 0 spiro atoms. The van der Waals surface area contributed by atoms with Gasteiger partial charge in [-0.15, -0.1) is 0 Å². The van der Waals surface area contributed by atoms with Crippen molar-refractivity contribution in [2.45, 2.75) is 18.7 Å². The maximum atomic E-state index is 10.6. The van der Waals surface area contributed by atoms with Gasteiger partial charge in [-0.3, -0.25) is 0 Å². The van der Waals surface area contributed by atoms with Gasteiger partial charge in [0.1, 0.15) is 10.1 Å². The van der Waals surface area contributed by atoms with Crippen molar-refractivity contribution in [3.8, 4) is 0 Å². The minimum Gasteiger partial charge on any atom is -0.744 e. The molecule has 1 rings (SSSR count). The molecule has 0 amide bonds. The van der Waals surface area contributed by atoms with E-state index in [0.29, 0.717) is 5.56 Å². The van der Waals surface area contributed by atoms with Gasteiger partial charge in [0.05, 0.1) is 4.90 Å². The molecule has 0 aliphatic carbocycles. The topological polar surface area (TPSA) is 57.2 Å². The molecule has 0 radical (unpaired) electrons. The summed E-state index contributed by atoms with van der Waals surface area (Å²) in [6, 6.07) is 4.62. The fraction of sp³-hybridized carbons (Fsp3) is 0.250. The van der Waals surface area contributed by atoms with Crippen LogP contribution in [-0.2, 0) is 32.5 Å². The zero-order valence-electron chi connectivity index (χ0n) is 7.17. The van der Waals surface area contributed by atoms with Gasteiger partial charge in [0, 0.05) is 0 Å². The van der Waals surface area contributed by atoms with Crippen molar-refractivity contribution in [3.05, 3.63) is 29.3 Å². The third kappa shape index (κ3) is 3.25. The first-order valence-corrected chi connectivity index (χ1v) is 4.85. The predicted molar refractivity (Wildman–Crippen MR) is 43.9 cm³/mol. The van der Waals surface area contributed by atoms with E-state index in [2.05, 4.69) is 0 Å². The molecule has 0 heterocycles. The minimum absolute atomic E-state index is 0. The van der Waals surface area contributed by atoms with Crippen LogP contribution in [0.2, 0.25) is 0 Å². The van der Waals surface area contributed by atoms with Gasteiger partial charge in [-0.05, 0) is 25.5 Å². The Morgan fingerprint density at radius 1 is 1.23 bits per heavy atom. The van der Waals surface area contributed by atoms with E-state index in [-0.39, 0.29) is 27.3 Å². The average molecular weight is 293 g/mol. The monoisotopic (exact) mass is 292 g/mol. The largest absolute Gasteiger partial charge is 1.00 e. The number of benzene rings is 1. The molecule has 13 heavy (non-hydrogen) atoms. The van der Waals surface area contributed by atoms with Crippen LogP contribution in [0.5, 0.6) is 0 Å². The second-order valence-corrected chi connectivity index (χ2v) is 4.07. The van der Waals surface area contributed by atoms with Gasteiger partial charge in [0.25, 0.3) is 0 Å². The van der Waals surface area contributed by atoms with Gasteiger partial charge in [-0.25, -0.2) is 8.42 Å². The van der Waals surface area contributed by atoms with E-state index in [4.69, 9.17) is 0 Å². The standard InChI is InChI=1S/C8H10O3S.Ag/c1-6-3-4-8(7(2)5-6)12(9,10)11;/h3-5H,1-2H3,(H,9,10,11);/q;+1/p-1. The molecule has 0 saturated heterocycles. The van der Waals surface area contributed by atoms with E-state index in [0.717, 1.165) is 5.56 Å². The molecule has 0 aromatic heterocycles. The van der Waals surface area contributed by atoms with Crippen molar-refractivity contribution in [1.82, 2.24) is 0 Å². The SMILES string of the molecule is Cc1ccc(S(=O)(=O)[O-])c(C)c1.[Ag+]. The van der Waals surface area contributed by atoms with E-state index < -0.39 is 10.1 Å². The molecule has 0 saturated carbocycles. The maximum Gasteiger partial charge on any atom is 1.00 e. The first kappa shape index (κ1) is 12.9. The van der Waals surface area contributed by atoms with Crippen molar-refractivity contribution in [2.24, 2.45) is 0 Å². The molecule has 5 heteroatoms. The smallest absolute Gasteiger partial charge is 0.744 e. The Labute approximate surface area is 93.4 Å². The summed E-state index contributed by atoms with van der Waals surface area (Å²) in [6.07, 6.45) is 0. The molecule has 0 atom stereocenters. The van der Waals surface area contributed by atoms with Gasteiger partial charge in [-0.2, -0.15) is 0 Å². The maximum absolute atomic E-state index is 10.6. The first-order valence-electron chi connectivity index (χ1n) is 3.44. The number of hydrogen-bond acceptors (Lipinski definition) is 3. The molecule has 0 fully saturated rings. The normalized spacial score (nSPS) is 10.7. The van der Waals surface area contributed by atoms with Gasteiger partial charge >= 0.3 is 22.4 Å². The zero-order chi connectivity index (χ0) is 9.35. The number of rotatable bonds is 1. The molecule has 0 aliphatic rings. The molecule has 0 aliphatic heterocycles. The third-order valence-electron chi connectivity index (χ3n) is 1.60. The van der Waals surface area contributed by atoms with Gasteiger partial charge < -0.3 is 4.55 Å². The molecule has 1 aromatic rings. The molecular weight excluding hydrogens is 284 g/mol. The van der Waals surface area contributed by atoms with Crippen molar-refractivity contribution in [3.63, 3.8) is 0 Å². The summed E-state index contributed by atoms with van der Waals surface area (Å²) in [5, 5.41) is 0. The summed E-state index contributed by atoms with van der Waals surface area (Å²) in [7, 11) is -4.30. The summed E-state index contributed by atoms with van der Waals surface area (Å²) in [6.45, 7) is 3.45. The number of hydrogen-bond donors (Lipinski definition) is 0. The molecular formula is C8H9AgO3S. The van der Waals surface area contributed by atoms with Crippen LogP contribution in [-0.4, -0.2) is 13.0 Å². The number of aryl methyl sites for hydroxylation is 2. The molecule has 0 unspecified atom stereocenters. The van der Waals surface area contributed by atoms with Crippen molar-refractivity contribution < 1.29 is 35.4 Å². The van der Waals surface area contributed by atoms with Crippen LogP contribution in [0.25, 0.3) is 0 Å². The Kier molecular flexibility index (Phi) is 4.35. The van der Waals surface area contributed by atoms with Crippen LogP contribution in [0, 0.1) is 13.8 Å². The summed E-state index contributed by atoms with van der Waals surface area (Å²) in [5.41, 5.74) is 1.45. The fourth-order valence-electron chi connectivity index (χ4n) is 1.08. The van der Waals surface area contributed by atoms with E-state index >= 15 is 0 Å². The Morgan fingerprint density at radius 3 is 2.15 bits per heavy atom. The van der Waals surface area contributed by atoms with Crippen molar-refractivity contribution >= 4 is 10.1 Å². The predicted octanol–water partition coefficient (Wildman–Crippen LogP) is 1.21. The Balaban J connectivity index is 0.00000144. The van der Waals surface area contributed by atoms with E-state index in [1.165, 1.54) is 6.07 Å². The van der Waals surface area contributed by atoms with Crippen LogP contribution in [0.3, 0.4) is 0 Å². The molecule has 1 aromatic carbocycles. The van der Waals surface area contributed by atoms with Crippen molar-refractivity contribution in [1.29, 1.82) is 0 Å². The van der Waals surface area contributed by atoms with Gasteiger partial charge in [0.15, 0.2) is 0 Å². The Bertz CT molecular complexity index is 398. The van der Waals surface area contributed by atoms with Crippen LogP contribution >= 0.6 is 0 Å². The molecule has 0 N–H and O–H groups in total. The quantitative estimate of drug-likeness (QED) is 0.577. The van der Waals surface area contributed by atoms with Gasteiger partial charge in [0.2, 0.25) is 0 Å². The van der Waals surface area contributed by atoms with Crippen LogP contribution < -0.4 is 0 Å². The molecule has 0 bridgehead atoms. The second-order valence-electron chi connectivity index (χ2n) is 2.72. The fourth-order valence-corrected chi connectivity index (χ4v) is 1.77. The Morgan fingerprint density at radius 2 is 1.77 bits per heavy atom. The van der Waals surface area contributed by atoms with E-state index in [1.54, 1.807) is 19.1 Å². The van der Waals surface area contributed by atoms with E-state index in [9.17, 15) is 13.0 Å². The molecule has 3 nitrogen and oxygen atoms in total. The van der Waals surface area contributed by atoms with Gasteiger partial charge in [-0.1, -0.05) is 17.7 Å². The third-order valence-corrected chi connectivity index (χ3v) is 2.60. The average Bonchev–Trinajstić information content (AvgIpc) is 1.83. The van der Waals surface area contributed by atoms with Crippen molar-refractivity contribution in [2.75, 3.05) is 0 Å². The summed E-state index contributed by atoms with van der Waals surface area (Å²) >= 11 is 0. The summed E-state index contributed by atoms with van der Waals surface area (Å²) in [5.74, 6) is 0. The minimum atomic E-state index is -4.30. The summed E-state index contributed by atoms with van der Waals surface area (Å²) in [4.78, 5) is -0.131. The van der Waals surface area contributed by atoms with Crippen LogP contribution in [0.15, 0.2) is 23.1 Å². The zero-order valence-corrected chi connectivity index (χ0v) is 9.47. The first-order chi connectivity index (χ1) is 5.41. The van der Waals surface area contributed by atoms with Crippen LogP contribution in [0.1, 0.15) is 11.1 Å². The summed E-state index contributed by atoms with van der Waals surface area (Å²) < 4.78 is 31.8. The Hall–Kier alpha value is -0.130. The second kappa shape index (κ2) is 4.39. The van der Waals surface area contributed by atoms with Crippen LogP contribution in [0.4, 0.5) is 0 Å².